The lowest BCUT2D eigenvalue weighted by Gasteiger charge is -2.36. The maximum Gasteiger partial charge on any atom is 0.410 e. The molecule has 1 saturated carbocycles. The van der Waals surface area contributed by atoms with Gasteiger partial charge in [0.1, 0.15) is 18.0 Å². The molecule has 42 heavy (non-hydrogen) atoms. The van der Waals surface area contributed by atoms with Crippen molar-refractivity contribution in [2.75, 3.05) is 70.4 Å². The number of carbonyl (C=O) groups excluding carboxylic acids is 2. The van der Waals surface area contributed by atoms with Gasteiger partial charge in [0, 0.05) is 82.8 Å². The highest BCUT2D eigenvalue weighted by atomic mass is 16.6. The van der Waals surface area contributed by atoms with Gasteiger partial charge in [-0.15, -0.1) is 0 Å². The number of aromatic nitrogens is 2. The molecule has 2 aliphatic heterocycles. The van der Waals surface area contributed by atoms with Gasteiger partial charge in [-0.1, -0.05) is 12.1 Å². The van der Waals surface area contributed by atoms with Crippen LogP contribution in [0.15, 0.2) is 48.8 Å². The molecular weight excluding hydrogens is 532 g/mol. The number of hydrogen-bond donors (Lipinski definition) is 0. The van der Waals surface area contributed by atoms with Gasteiger partial charge in [0.15, 0.2) is 0 Å². The standard InChI is InChI=1S/C32H42N6O4/c1-32(2,3)42-31(40)37-14-12-34(13-15-37)20-21-41-27-8-6-24(7-9-27)26-22-29-28(10-11-33-38(29)23-26)35-16-18-36(19-17-35)30(39)25-4-5-25/h6-11,22-23,25H,4-5,12-21H2,1-3H3. The van der Waals surface area contributed by atoms with Crippen molar-refractivity contribution in [2.45, 2.75) is 39.2 Å². The van der Waals surface area contributed by atoms with Gasteiger partial charge in [0.05, 0.1) is 11.2 Å². The van der Waals surface area contributed by atoms with E-state index < -0.39 is 5.60 Å². The molecule has 2 aromatic heterocycles. The van der Waals surface area contributed by atoms with E-state index in [9.17, 15) is 9.59 Å². The Kier molecular flexibility index (Phi) is 7.98. The second kappa shape index (κ2) is 11.8. The molecule has 1 aliphatic carbocycles. The monoisotopic (exact) mass is 574 g/mol. The minimum Gasteiger partial charge on any atom is -0.492 e. The van der Waals surface area contributed by atoms with E-state index in [0.717, 1.165) is 86.7 Å². The second-order valence-corrected chi connectivity index (χ2v) is 12.5. The number of nitrogens with zero attached hydrogens (tertiary/aromatic N) is 6. The van der Waals surface area contributed by atoms with E-state index in [0.29, 0.717) is 25.6 Å². The summed E-state index contributed by atoms with van der Waals surface area (Å²) < 4.78 is 13.5. The number of fused-ring (bicyclic) bond motifs is 1. The van der Waals surface area contributed by atoms with Crippen molar-refractivity contribution in [1.82, 2.24) is 24.3 Å². The average molecular weight is 575 g/mol. The topological polar surface area (TPSA) is 82.9 Å². The highest BCUT2D eigenvalue weighted by molar-refractivity contribution is 5.82. The number of amides is 2. The Balaban J connectivity index is 1.00. The lowest BCUT2D eigenvalue weighted by Crippen LogP contribution is -2.50. The predicted molar refractivity (Wildman–Crippen MR) is 162 cm³/mol. The number of benzene rings is 1. The van der Waals surface area contributed by atoms with Gasteiger partial charge in [-0.25, -0.2) is 9.31 Å². The molecular formula is C32H42N6O4. The molecule has 3 aliphatic rings. The SMILES string of the molecule is CC(C)(C)OC(=O)N1CCN(CCOc2ccc(-c3cc4c(N5CCN(C(=O)C6CC6)CC5)ccnn4c3)cc2)CC1. The fourth-order valence-corrected chi connectivity index (χ4v) is 5.70. The summed E-state index contributed by atoms with van der Waals surface area (Å²) in [6.45, 7) is 13.3. The number of piperazine rings is 2. The summed E-state index contributed by atoms with van der Waals surface area (Å²) in [5, 5.41) is 4.56. The zero-order chi connectivity index (χ0) is 29.3. The normalized spacial score (nSPS) is 18.4. The molecule has 6 rings (SSSR count). The summed E-state index contributed by atoms with van der Waals surface area (Å²) in [5.74, 6) is 1.46. The minimum atomic E-state index is -0.471. The summed E-state index contributed by atoms with van der Waals surface area (Å²) >= 11 is 0. The first-order chi connectivity index (χ1) is 20.2. The van der Waals surface area contributed by atoms with Crippen LogP contribution in [-0.4, -0.2) is 107 Å². The molecule has 0 atom stereocenters. The Morgan fingerprint density at radius 2 is 1.57 bits per heavy atom. The highest BCUT2D eigenvalue weighted by Gasteiger charge is 2.35. The molecule has 10 nitrogen and oxygen atoms in total. The van der Waals surface area contributed by atoms with Crippen molar-refractivity contribution < 1.29 is 19.1 Å². The van der Waals surface area contributed by atoms with E-state index in [1.807, 2.05) is 48.5 Å². The van der Waals surface area contributed by atoms with Crippen LogP contribution in [0.4, 0.5) is 10.5 Å². The first kappa shape index (κ1) is 28.3. The van der Waals surface area contributed by atoms with Crippen molar-refractivity contribution in [3.05, 3.63) is 48.8 Å². The number of ether oxygens (including phenoxy) is 2. The molecule has 3 aromatic rings. The largest absolute Gasteiger partial charge is 0.492 e. The number of hydrogen-bond acceptors (Lipinski definition) is 7. The number of carbonyl (C=O) groups is 2. The first-order valence-corrected chi connectivity index (χ1v) is 15.2. The van der Waals surface area contributed by atoms with Gasteiger partial charge in [0.2, 0.25) is 5.91 Å². The van der Waals surface area contributed by atoms with Gasteiger partial charge >= 0.3 is 6.09 Å². The lowest BCUT2D eigenvalue weighted by molar-refractivity contribution is -0.132. The summed E-state index contributed by atoms with van der Waals surface area (Å²) in [6.07, 6.45) is 5.79. The molecule has 0 N–H and O–H groups in total. The molecule has 2 amide bonds. The van der Waals surface area contributed by atoms with E-state index in [1.165, 1.54) is 0 Å². The first-order valence-electron chi connectivity index (χ1n) is 15.2. The Hall–Kier alpha value is -3.79. The second-order valence-electron chi connectivity index (χ2n) is 12.5. The molecule has 4 heterocycles. The summed E-state index contributed by atoms with van der Waals surface area (Å²) in [5.41, 5.74) is 3.97. The van der Waals surface area contributed by atoms with E-state index in [-0.39, 0.29) is 12.0 Å². The Morgan fingerprint density at radius 1 is 0.881 bits per heavy atom. The Morgan fingerprint density at radius 3 is 2.24 bits per heavy atom. The van der Waals surface area contributed by atoms with E-state index in [1.54, 1.807) is 4.90 Å². The molecule has 1 aromatic carbocycles. The maximum absolute atomic E-state index is 12.5. The van der Waals surface area contributed by atoms with Crippen molar-refractivity contribution in [3.8, 4) is 16.9 Å². The third-order valence-corrected chi connectivity index (χ3v) is 8.23. The van der Waals surface area contributed by atoms with Gasteiger partial charge in [0.25, 0.3) is 0 Å². The smallest absolute Gasteiger partial charge is 0.410 e. The van der Waals surface area contributed by atoms with Crippen LogP contribution < -0.4 is 9.64 Å². The van der Waals surface area contributed by atoms with Crippen LogP contribution in [0, 0.1) is 5.92 Å². The fourth-order valence-electron chi connectivity index (χ4n) is 5.70. The fraction of sp³-hybridized carbons (Fsp3) is 0.531. The van der Waals surface area contributed by atoms with Crippen LogP contribution in [0.2, 0.25) is 0 Å². The maximum atomic E-state index is 12.5. The summed E-state index contributed by atoms with van der Waals surface area (Å²) in [7, 11) is 0. The molecule has 224 valence electrons. The number of anilines is 1. The third-order valence-electron chi connectivity index (χ3n) is 8.23. The van der Waals surface area contributed by atoms with Crippen molar-refractivity contribution in [3.63, 3.8) is 0 Å². The molecule has 0 unspecified atom stereocenters. The minimum absolute atomic E-state index is 0.235. The molecule has 2 saturated heterocycles. The summed E-state index contributed by atoms with van der Waals surface area (Å²) in [4.78, 5) is 33.2. The highest BCUT2D eigenvalue weighted by Crippen LogP contribution is 2.33. The van der Waals surface area contributed by atoms with Gasteiger partial charge in [-0.05, 0) is 63.4 Å². The van der Waals surface area contributed by atoms with Crippen molar-refractivity contribution in [1.29, 1.82) is 0 Å². The quantitative estimate of drug-likeness (QED) is 0.422. The van der Waals surface area contributed by atoms with E-state index in [2.05, 4.69) is 45.4 Å². The van der Waals surface area contributed by atoms with Gasteiger partial charge in [-0.3, -0.25) is 9.69 Å². The predicted octanol–water partition coefficient (Wildman–Crippen LogP) is 3.99. The Labute approximate surface area is 247 Å². The van der Waals surface area contributed by atoms with Crippen LogP contribution in [0.1, 0.15) is 33.6 Å². The molecule has 0 radical (unpaired) electrons. The molecule has 10 heteroatoms. The molecule has 0 bridgehead atoms. The zero-order valence-electron chi connectivity index (χ0n) is 25.0. The van der Waals surface area contributed by atoms with Crippen molar-refractivity contribution in [2.24, 2.45) is 5.92 Å². The average Bonchev–Trinajstić information content (AvgIpc) is 3.74. The van der Waals surface area contributed by atoms with Gasteiger partial charge in [-0.2, -0.15) is 5.10 Å². The van der Waals surface area contributed by atoms with Crippen LogP contribution in [-0.2, 0) is 9.53 Å². The zero-order valence-corrected chi connectivity index (χ0v) is 25.0. The van der Waals surface area contributed by atoms with Crippen LogP contribution >= 0.6 is 0 Å². The van der Waals surface area contributed by atoms with Crippen molar-refractivity contribution >= 4 is 23.2 Å². The van der Waals surface area contributed by atoms with Crippen LogP contribution in [0.25, 0.3) is 16.6 Å². The Bertz CT molecular complexity index is 1390. The third kappa shape index (κ3) is 6.64. The van der Waals surface area contributed by atoms with E-state index >= 15 is 0 Å². The summed E-state index contributed by atoms with van der Waals surface area (Å²) in [6, 6.07) is 12.5. The lowest BCUT2D eigenvalue weighted by atomic mass is 10.1. The van der Waals surface area contributed by atoms with Gasteiger partial charge < -0.3 is 24.2 Å². The van der Waals surface area contributed by atoms with E-state index in [4.69, 9.17) is 9.47 Å². The molecule has 0 spiro atoms. The van der Waals surface area contributed by atoms with Crippen LogP contribution in [0.5, 0.6) is 5.75 Å². The number of rotatable bonds is 7. The van der Waals surface area contributed by atoms with Crippen LogP contribution in [0.3, 0.4) is 0 Å². The molecule has 3 fully saturated rings.